The second kappa shape index (κ2) is 12.6. The zero-order chi connectivity index (χ0) is 22.7. The van der Waals surface area contributed by atoms with Crippen molar-refractivity contribution in [3.05, 3.63) is 12.2 Å². The maximum Gasteiger partial charge on any atom is 0.333 e. The molecule has 0 aromatic heterocycles. The molecule has 30 heavy (non-hydrogen) atoms. The number of esters is 5. The van der Waals surface area contributed by atoms with E-state index in [2.05, 4.69) is 4.74 Å². The average molecular weight is 430 g/mol. The molecular formula is C19H26O11. The lowest BCUT2D eigenvalue weighted by Gasteiger charge is -2.39. The first-order valence-corrected chi connectivity index (χ1v) is 9.42. The molecule has 0 unspecified atom stereocenters. The van der Waals surface area contributed by atoms with Gasteiger partial charge in [0.25, 0.3) is 0 Å². The van der Waals surface area contributed by atoms with Gasteiger partial charge in [0, 0.05) is 31.4 Å². The molecule has 168 valence electrons. The van der Waals surface area contributed by atoms with Crippen molar-refractivity contribution in [1.29, 1.82) is 0 Å². The molecule has 11 nitrogen and oxygen atoms in total. The van der Waals surface area contributed by atoms with E-state index in [4.69, 9.17) is 23.7 Å². The van der Waals surface area contributed by atoms with Crippen molar-refractivity contribution in [2.45, 2.75) is 64.6 Å². The van der Waals surface area contributed by atoms with Gasteiger partial charge >= 0.3 is 29.8 Å². The summed E-state index contributed by atoms with van der Waals surface area (Å²) >= 11 is 0. The minimum atomic E-state index is -1.47. The van der Waals surface area contributed by atoms with Crippen molar-refractivity contribution in [2.75, 3.05) is 13.7 Å². The van der Waals surface area contributed by atoms with Crippen LogP contribution in [0.25, 0.3) is 0 Å². The highest BCUT2D eigenvalue weighted by molar-refractivity contribution is 5.91. The van der Waals surface area contributed by atoms with Crippen LogP contribution in [0.4, 0.5) is 0 Å². The number of carbonyl (C=O) groups excluding carboxylic acids is 5. The Labute approximate surface area is 173 Å². The molecule has 1 heterocycles. The Morgan fingerprint density at radius 3 is 1.80 bits per heavy atom. The SMILES string of the molecule is CCC(=O)O[C@@H]1[C@@H](OC(=O)CC)[C@@H](OC(=O)/C=C/C(=O)OC)OC[C@H]1OC(=O)CC. The third kappa shape index (κ3) is 7.82. The van der Waals surface area contributed by atoms with E-state index in [1.54, 1.807) is 13.8 Å². The van der Waals surface area contributed by atoms with E-state index in [1.807, 2.05) is 0 Å². The Morgan fingerprint density at radius 2 is 1.27 bits per heavy atom. The Kier molecular flexibility index (Phi) is 10.5. The van der Waals surface area contributed by atoms with Gasteiger partial charge in [0.1, 0.15) is 0 Å². The zero-order valence-electron chi connectivity index (χ0n) is 17.3. The van der Waals surface area contributed by atoms with Crippen LogP contribution in [0.5, 0.6) is 0 Å². The van der Waals surface area contributed by atoms with Crippen molar-refractivity contribution in [3.63, 3.8) is 0 Å². The highest BCUT2D eigenvalue weighted by atomic mass is 16.7. The molecule has 1 aliphatic rings. The number of methoxy groups -OCH3 is 1. The van der Waals surface area contributed by atoms with E-state index in [0.717, 1.165) is 19.3 Å². The van der Waals surface area contributed by atoms with Crippen molar-refractivity contribution in [1.82, 2.24) is 0 Å². The Morgan fingerprint density at radius 1 is 0.767 bits per heavy atom. The third-order valence-corrected chi connectivity index (χ3v) is 3.86. The van der Waals surface area contributed by atoms with Gasteiger partial charge in [0.05, 0.1) is 13.7 Å². The summed E-state index contributed by atoms with van der Waals surface area (Å²) in [4.78, 5) is 58.7. The minimum Gasteiger partial charge on any atom is -0.466 e. The molecule has 4 atom stereocenters. The van der Waals surface area contributed by atoms with Gasteiger partial charge in [0.15, 0.2) is 12.2 Å². The average Bonchev–Trinajstić information content (AvgIpc) is 2.74. The van der Waals surface area contributed by atoms with Crippen LogP contribution < -0.4 is 0 Å². The molecule has 1 saturated heterocycles. The van der Waals surface area contributed by atoms with Crippen molar-refractivity contribution >= 4 is 29.8 Å². The van der Waals surface area contributed by atoms with Crippen molar-refractivity contribution < 1.29 is 52.4 Å². The molecule has 0 aromatic rings. The molecule has 1 fully saturated rings. The maximum absolute atomic E-state index is 12.0. The van der Waals surface area contributed by atoms with Gasteiger partial charge < -0.3 is 28.4 Å². The Balaban J connectivity index is 3.11. The summed E-state index contributed by atoms with van der Waals surface area (Å²) in [5.74, 6) is -3.69. The minimum absolute atomic E-state index is 0.00651. The van der Waals surface area contributed by atoms with E-state index in [0.29, 0.717) is 0 Å². The van der Waals surface area contributed by atoms with Gasteiger partial charge in [-0.1, -0.05) is 20.8 Å². The molecule has 0 radical (unpaired) electrons. The first kappa shape index (κ1) is 25.1. The van der Waals surface area contributed by atoms with E-state index in [1.165, 1.54) is 6.92 Å². The molecule has 0 aromatic carbocycles. The summed E-state index contributed by atoms with van der Waals surface area (Å²) < 4.78 is 30.7. The Hall–Kier alpha value is -2.95. The van der Waals surface area contributed by atoms with Gasteiger partial charge in [-0.25, -0.2) is 9.59 Å². The molecule has 0 saturated carbocycles. The van der Waals surface area contributed by atoms with Crippen molar-refractivity contribution in [2.24, 2.45) is 0 Å². The molecule has 11 heteroatoms. The van der Waals surface area contributed by atoms with Crippen LogP contribution in [-0.4, -0.2) is 68.2 Å². The summed E-state index contributed by atoms with van der Waals surface area (Å²) in [5, 5.41) is 0. The predicted octanol–water partition coefficient (Wildman–Crippen LogP) is 0.581. The fourth-order valence-electron chi connectivity index (χ4n) is 2.29. The molecule has 1 rings (SSSR count). The standard InChI is InChI=1S/C19H26O11/c1-5-12(20)27-11-10-26-19(30-16(24)9-8-15(23)25-4)18(29-14(22)7-3)17(11)28-13(21)6-2/h8-9,11,17-19H,5-7,10H2,1-4H3/b9-8+/t11-,17+,18-,19-/m1/s1. The fourth-order valence-corrected chi connectivity index (χ4v) is 2.29. The van der Waals surface area contributed by atoms with Crippen LogP contribution in [-0.2, 0) is 52.4 Å². The van der Waals surface area contributed by atoms with E-state index >= 15 is 0 Å². The molecule has 0 amide bonds. The van der Waals surface area contributed by atoms with E-state index in [-0.39, 0.29) is 25.9 Å². The lowest BCUT2D eigenvalue weighted by Crippen LogP contribution is -2.58. The first-order valence-electron chi connectivity index (χ1n) is 9.42. The van der Waals surface area contributed by atoms with Crippen LogP contribution >= 0.6 is 0 Å². The van der Waals surface area contributed by atoms with Gasteiger partial charge in [-0.3, -0.25) is 14.4 Å². The van der Waals surface area contributed by atoms with Crippen LogP contribution in [0.3, 0.4) is 0 Å². The highest BCUT2D eigenvalue weighted by Crippen LogP contribution is 2.26. The van der Waals surface area contributed by atoms with Crippen molar-refractivity contribution in [3.8, 4) is 0 Å². The number of rotatable bonds is 9. The normalized spacial score (nSPS) is 23.3. The monoisotopic (exact) mass is 430 g/mol. The summed E-state index contributed by atoms with van der Waals surface area (Å²) in [6.45, 7) is 4.38. The summed E-state index contributed by atoms with van der Waals surface area (Å²) in [5.41, 5.74) is 0. The van der Waals surface area contributed by atoms with Gasteiger partial charge in [-0.15, -0.1) is 0 Å². The number of carbonyl (C=O) groups is 5. The predicted molar refractivity (Wildman–Crippen MR) is 97.5 cm³/mol. The maximum atomic E-state index is 12.0. The second-order valence-corrected chi connectivity index (χ2v) is 5.99. The number of ether oxygens (including phenoxy) is 6. The van der Waals surface area contributed by atoms with Gasteiger partial charge in [0.2, 0.25) is 12.4 Å². The van der Waals surface area contributed by atoms with Gasteiger partial charge in [-0.2, -0.15) is 0 Å². The molecule has 1 aliphatic heterocycles. The molecule has 0 bridgehead atoms. The summed E-state index contributed by atoms with van der Waals surface area (Å²) in [6.07, 6.45) is -3.54. The third-order valence-electron chi connectivity index (χ3n) is 3.86. The van der Waals surface area contributed by atoms with Crippen LogP contribution in [0, 0.1) is 0 Å². The Bertz CT molecular complexity index is 669. The topological polar surface area (TPSA) is 141 Å². The summed E-state index contributed by atoms with van der Waals surface area (Å²) in [6, 6.07) is 0. The molecular weight excluding hydrogens is 404 g/mol. The van der Waals surface area contributed by atoms with Crippen LogP contribution in [0.15, 0.2) is 12.2 Å². The van der Waals surface area contributed by atoms with E-state index in [9.17, 15) is 24.0 Å². The second-order valence-electron chi connectivity index (χ2n) is 5.99. The van der Waals surface area contributed by atoms with E-state index < -0.39 is 54.4 Å². The smallest absolute Gasteiger partial charge is 0.333 e. The van der Waals surface area contributed by atoms with Crippen LogP contribution in [0.1, 0.15) is 40.0 Å². The fraction of sp³-hybridized carbons (Fsp3) is 0.632. The zero-order valence-corrected chi connectivity index (χ0v) is 17.3. The van der Waals surface area contributed by atoms with Gasteiger partial charge in [-0.05, 0) is 0 Å². The molecule has 0 spiro atoms. The number of hydrogen-bond donors (Lipinski definition) is 0. The summed E-state index contributed by atoms with van der Waals surface area (Å²) in [7, 11) is 1.13. The highest BCUT2D eigenvalue weighted by Gasteiger charge is 2.49. The van der Waals surface area contributed by atoms with Crippen LogP contribution in [0.2, 0.25) is 0 Å². The molecule has 0 aliphatic carbocycles. The lowest BCUT2D eigenvalue weighted by atomic mass is 10.0. The molecule has 0 N–H and O–H groups in total. The lowest BCUT2D eigenvalue weighted by molar-refractivity contribution is -0.273. The first-order chi connectivity index (χ1) is 14.2. The number of hydrogen-bond acceptors (Lipinski definition) is 11. The largest absolute Gasteiger partial charge is 0.466 e. The quantitative estimate of drug-likeness (QED) is 0.288.